The number of hydrogen-bond acceptors (Lipinski definition) is 0. The summed E-state index contributed by atoms with van der Waals surface area (Å²) in [7, 11) is 3.25. The molecule has 0 N–H and O–H groups in total. The molecule has 3 atom stereocenters. The maximum Gasteiger partial charge on any atom is -0.0139 e. The Labute approximate surface area is 96.8 Å². The fraction of sp³-hybridized carbons (Fsp3) is 1.00. The van der Waals surface area contributed by atoms with Crippen LogP contribution in [0.3, 0.4) is 0 Å². The predicted octanol–water partition coefficient (Wildman–Crippen LogP) is 4.25. The molecule has 0 aromatic heterocycles. The van der Waals surface area contributed by atoms with E-state index in [0.29, 0.717) is 16.0 Å². The minimum absolute atomic E-state index is 0.520. The van der Waals surface area contributed by atoms with Crippen molar-refractivity contribution in [2.45, 2.75) is 64.5 Å². The zero-order valence-electron chi connectivity index (χ0n) is 10.5. The van der Waals surface area contributed by atoms with Crippen molar-refractivity contribution in [1.29, 1.82) is 0 Å². The fourth-order valence-corrected chi connectivity index (χ4v) is 6.27. The maximum absolute atomic E-state index is 3.25. The van der Waals surface area contributed by atoms with Crippen LogP contribution < -0.4 is 0 Å². The molecule has 0 aromatic carbocycles. The lowest BCUT2D eigenvalue weighted by atomic mass is 9.43. The van der Waals surface area contributed by atoms with Gasteiger partial charge in [0.15, 0.2) is 0 Å². The van der Waals surface area contributed by atoms with Crippen LogP contribution in [0, 0.1) is 22.7 Å². The second-order valence-electron chi connectivity index (χ2n) is 7.85. The van der Waals surface area contributed by atoms with Crippen molar-refractivity contribution in [3.63, 3.8) is 0 Å². The molecule has 3 unspecified atom stereocenters. The highest BCUT2D eigenvalue weighted by Gasteiger charge is 2.59. The van der Waals surface area contributed by atoms with E-state index in [0.717, 1.165) is 11.8 Å². The molecule has 0 nitrogen and oxygen atoms in total. The Kier molecular flexibility index (Phi) is 1.98. The molecular formula is C14H25P. The van der Waals surface area contributed by atoms with Crippen LogP contribution in [-0.2, 0) is 0 Å². The zero-order chi connectivity index (χ0) is 10.9. The van der Waals surface area contributed by atoms with Gasteiger partial charge < -0.3 is 0 Å². The molecule has 4 rings (SSSR count). The quantitative estimate of drug-likeness (QED) is 0.540. The van der Waals surface area contributed by atoms with Crippen molar-refractivity contribution in [1.82, 2.24) is 0 Å². The summed E-state index contributed by atoms with van der Waals surface area (Å²) in [6.07, 6.45) is 9.11. The molecule has 0 spiro atoms. The second kappa shape index (κ2) is 2.81. The van der Waals surface area contributed by atoms with Gasteiger partial charge in [-0.1, -0.05) is 20.8 Å². The van der Waals surface area contributed by atoms with E-state index < -0.39 is 0 Å². The lowest BCUT2D eigenvalue weighted by Crippen LogP contribution is -2.57. The average molecular weight is 224 g/mol. The van der Waals surface area contributed by atoms with Gasteiger partial charge in [-0.05, 0) is 66.3 Å². The van der Waals surface area contributed by atoms with Gasteiger partial charge in [0.05, 0.1) is 0 Å². The Hall–Kier alpha value is 0.430. The van der Waals surface area contributed by atoms with Crippen LogP contribution in [-0.4, -0.2) is 5.16 Å². The van der Waals surface area contributed by atoms with Crippen LogP contribution >= 0.6 is 9.24 Å². The van der Waals surface area contributed by atoms with E-state index in [1.807, 2.05) is 0 Å². The van der Waals surface area contributed by atoms with Gasteiger partial charge in [-0.3, -0.25) is 0 Å². The van der Waals surface area contributed by atoms with E-state index in [1.54, 1.807) is 6.42 Å². The molecule has 0 aliphatic heterocycles. The monoisotopic (exact) mass is 224 g/mol. The van der Waals surface area contributed by atoms with Crippen molar-refractivity contribution < 1.29 is 0 Å². The van der Waals surface area contributed by atoms with Gasteiger partial charge in [-0.2, -0.15) is 0 Å². The van der Waals surface area contributed by atoms with Gasteiger partial charge in [0.25, 0.3) is 0 Å². The van der Waals surface area contributed by atoms with Crippen molar-refractivity contribution >= 4 is 9.24 Å². The molecule has 4 fully saturated rings. The maximum atomic E-state index is 3.25. The van der Waals surface area contributed by atoms with Gasteiger partial charge >= 0.3 is 0 Å². The molecule has 4 aliphatic rings. The standard InChI is InChI=1S/C14H25P/c1-12(2,3)13-5-10-4-11(6-13)8-14(15,7-10)9-13/h10-11H,4-9,15H2,1-3H3. The summed E-state index contributed by atoms with van der Waals surface area (Å²) in [4.78, 5) is 0. The summed E-state index contributed by atoms with van der Waals surface area (Å²) in [6, 6.07) is 0. The van der Waals surface area contributed by atoms with E-state index in [4.69, 9.17) is 0 Å². The summed E-state index contributed by atoms with van der Waals surface area (Å²) in [5.41, 5.74) is 1.20. The molecule has 0 heterocycles. The molecule has 0 aromatic rings. The first-order chi connectivity index (χ1) is 6.82. The van der Waals surface area contributed by atoms with Gasteiger partial charge in [0.2, 0.25) is 0 Å². The highest BCUT2D eigenvalue weighted by atomic mass is 31.0. The summed E-state index contributed by atoms with van der Waals surface area (Å²) >= 11 is 0. The molecule has 0 radical (unpaired) electrons. The zero-order valence-corrected chi connectivity index (χ0v) is 11.6. The summed E-state index contributed by atoms with van der Waals surface area (Å²) < 4.78 is 0. The topological polar surface area (TPSA) is 0 Å². The second-order valence-corrected chi connectivity index (χ2v) is 9.08. The van der Waals surface area contributed by atoms with Gasteiger partial charge in [0.1, 0.15) is 0 Å². The molecule has 0 saturated heterocycles. The third-order valence-corrected chi connectivity index (χ3v) is 6.37. The van der Waals surface area contributed by atoms with E-state index in [2.05, 4.69) is 30.0 Å². The van der Waals surface area contributed by atoms with E-state index in [1.165, 1.54) is 32.1 Å². The van der Waals surface area contributed by atoms with Crippen LogP contribution in [0.4, 0.5) is 0 Å². The number of hydrogen-bond donors (Lipinski definition) is 0. The van der Waals surface area contributed by atoms with Gasteiger partial charge in [-0.25, -0.2) is 0 Å². The first kappa shape index (κ1) is 10.6. The number of rotatable bonds is 0. The molecule has 4 saturated carbocycles. The minimum atomic E-state index is 0.520. The van der Waals surface area contributed by atoms with Crippen molar-refractivity contribution in [2.24, 2.45) is 22.7 Å². The third-order valence-electron chi connectivity index (χ3n) is 5.70. The normalized spacial score (nSPS) is 53.6. The largest absolute Gasteiger partial charge is 0.131 e. The first-order valence-corrected chi connectivity index (χ1v) is 7.19. The van der Waals surface area contributed by atoms with Crippen LogP contribution in [0.1, 0.15) is 59.3 Å². The van der Waals surface area contributed by atoms with Crippen LogP contribution in [0.15, 0.2) is 0 Å². The van der Waals surface area contributed by atoms with Crippen LogP contribution in [0.2, 0.25) is 0 Å². The minimum Gasteiger partial charge on any atom is -0.131 e. The first-order valence-electron chi connectivity index (χ1n) is 6.61. The van der Waals surface area contributed by atoms with Gasteiger partial charge in [-0.15, -0.1) is 9.24 Å². The Bertz CT molecular complexity index is 272. The Morgan fingerprint density at radius 3 is 1.93 bits per heavy atom. The fourth-order valence-electron chi connectivity index (χ4n) is 5.21. The lowest BCUT2D eigenvalue weighted by molar-refractivity contribution is -0.101. The molecular weight excluding hydrogens is 199 g/mol. The lowest BCUT2D eigenvalue weighted by Gasteiger charge is -2.65. The predicted molar refractivity (Wildman–Crippen MR) is 69.0 cm³/mol. The van der Waals surface area contributed by atoms with E-state index in [-0.39, 0.29) is 0 Å². The van der Waals surface area contributed by atoms with E-state index >= 15 is 0 Å². The third kappa shape index (κ3) is 1.43. The average Bonchev–Trinajstić information content (AvgIpc) is 1.95. The Balaban J connectivity index is 2.00. The molecule has 15 heavy (non-hydrogen) atoms. The molecule has 86 valence electrons. The van der Waals surface area contributed by atoms with Crippen molar-refractivity contribution in [2.75, 3.05) is 0 Å². The Morgan fingerprint density at radius 2 is 1.53 bits per heavy atom. The van der Waals surface area contributed by atoms with Crippen LogP contribution in [0.5, 0.6) is 0 Å². The molecule has 1 heteroatoms. The highest BCUT2D eigenvalue weighted by Crippen LogP contribution is 2.69. The smallest absolute Gasteiger partial charge is 0.0139 e. The summed E-state index contributed by atoms with van der Waals surface area (Å²) in [6.45, 7) is 7.44. The van der Waals surface area contributed by atoms with E-state index in [9.17, 15) is 0 Å². The molecule has 4 bridgehead atoms. The highest BCUT2D eigenvalue weighted by molar-refractivity contribution is 7.19. The SMILES string of the molecule is CC(C)(C)C12CC3CC(CC(P)(C3)C1)C2. The van der Waals surface area contributed by atoms with Crippen LogP contribution in [0.25, 0.3) is 0 Å². The molecule has 0 amide bonds. The van der Waals surface area contributed by atoms with Crippen molar-refractivity contribution in [3.8, 4) is 0 Å². The van der Waals surface area contributed by atoms with Gasteiger partial charge in [0, 0.05) is 0 Å². The summed E-state index contributed by atoms with van der Waals surface area (Å²) in [5, 5.41) is 0.636. The Morgan fingerprint density at radius 1 is 1.00 bits per heavy atom. The summed E-state index contributed by atoms with van der Waals surface area (Å²) in [5.74, 6) is 2.12. The molecule has 4 aliphatic carbocycles. The van der Waals surface area contributed by atoms with Crippen molar-refractivity contribution in [3.05, 3.63) is 0 Å².